The van der Waals surface area contributed by atoms with Gasteiger partial charge in [0.1, 0.15) is 5.78 Å². The van der Waals surface area contributed by atoms with Crippen molar-refractivity contribution in [1.82, 2.24) is 9.55 Å². The summed E-state index contributed by atoms with van der Waals surface area (Å²) in [5.41, 5.74) is 1.07. The minimum absolute atomic E-state index is 0.0388. The molecular formula is C13H17N3O2. The smallest absolute Gasteiger partial charge is 0.258 e. The second-order valence-electron chi connectivity index (χ2n) is 5.89. The summed E-state index contributed by atoms with van der Waals surface area (Å²) in [5.74, 6) is 0.870. The molecule has 5 nitrogen and oxygen atoms in total. The van der Waals surface area contributed by atoms with Crippen molar-refractivity contribution in [1.29, 1.82) is 0 Å². The van der Waals surface area contributed by atoms with Gasteiger partial charge in [-0.15, -0.1) is 0 Å². The zero-order valence-corrected chi connectivity index (χ0v) is 11.0. The molecule has 0 saturated heterocycles. The van der Waals surface area contributed by atoms with Crippen molar-refractivity contribution in [2.24, 2.45) is 0 Å². The van der Waals surface area contributed by atoms with Crippen LogP contribution >= 0.6 is 0 Å². The van der Waals surface area contributed by atoms with Gasteiger partial charge in [-0.25, -0.2) is 4.98 Å². The van der Waals surface area contributed by atoms with E-state index in [0.717, 1.165) is 12.1 Å². The molecule has 5 heteroatoms. The maximum absolute atomic E-state index is 12.6. The first-order chi connectivity index (χ1) is 8.40. The highest BCUT2D eigenvalue weighted by Crippen LogP contribution is 2.33. The maximum atomic E-state index is 12.6. The second-order valence-corrected chi connectivity index (χ2v) is 5.89. The molecule has 18 heavy (non-hydrogen) atoms. The Morgan fingerprint density at radius 1 is 1.22 bits per heavy atom. The molecule has 2 heterocycles. The molecule has 0 radical (unpaired) electrons. The topological polar surface area (TPSA) is 55.2 Å². The molecule has 0 aromatic carbocycles. The number of nitrogens with zero attached hydrogens (tertiary/aromatic N) is 3. The van der Waals surface area contributed by atoms with Crippen LogP contribution in [0.15, 0.2) is 4.79 Å². The normalized spacial score (nSPS) is 20.8. The molecule has 1 aliphatic heterocycles. The molecule has 96 valence electrons. The van der Waals surface area contributed by atoms with Gasteiger partial charge in [-0.3, -0.25) is 14.2 Å². The van der Waals surface area contributed by atoms with Crippen LogP contribution < -0.4 is 10.5 Å². The Balaban J connectivity index is 2.30. The van der Waals surface area contributed by atoms with Gasteiger partial charge in [0.15, 0.2) is 0 Å². The van der Waals surface area contributed by atoms with Gasteiger partial charge in [-0.05, 0) is 0 Å². The van der Waals surface area contributed by atoms with E-state index in [-0.39, 0.29) is 11.3 Å². The van der Waals surface area contributed by atoms with Crippen LogP contribution in [0.5, 0.6) is 0 Å². The third-order valence-electron chi connectivity index (χ3n) is 3.90. The van der Waals surface area contributed by atoms with Gasteiger partial charge >= 0.3 is 0 Å². The lowest BCUT2D eigenvalue weighted by atomic mass is 9.74. The lowest BCUT2D eigenvalue weighted by Crippen LogP contribution is -2.40. The molecule has 0 fully saturated rings. The molecule has 0 N–H and O–H groups in total. The van der Waals surface area contributed by atoms with E-state index in [4.69, 9.17) is 0 Å². The summed E-state index contributed by atoms with van der Waals surface area (Å²) in [6.45, 7) is 5.41. The van der Waals surface area contributed by atoms with Crippen molar-refractivity contribution in [2.75, 3.05) is 18.5 Å². The van der Waals surface area contributed by atoms with Crippen LogP contribution in [0.1, 0.15) is 31.5 Å². The van der Waals surface area contributed by atoms with Crippen LogP contribution in [-0.4, -0.2) is 28.9 Å². The number of carbonyl (C=O) groups is 1. The number of ketones is 1. The molecule has 0 bridgehead atoms. The standard InChI is InChI=1S/C13H17N3O2/c1-13(2)7-8(17)6-9-10(13)11(18)16-5-4-15(3)12(16)14-9/h4-7H2,1-3H3. The van der Waals surface area contributed by atoms with E-state index in [1.165, 1.54) is 0 Å². The van der Waals surface area contributed by atoms with E-state index < -0.39 is 5.41 Å². The van der Waals surface area contributed by atoms with Gasteiger partial charge in [0.05, 0.1) is 5.69 Å². The lowest BCUT2D eigenvalue weighted by molar-refractivity contribution is -0.120. The first-order valence-electron chi connectivity index (χ1n) is 6.27. The number of hydrogen-bond donors (Lipinski definition) is 0. The maximum Gasteiger partial charge on any atom is 0.258 e. The van der Waals surface area contributed by atoms with E-state index in [2.05, 4.69) is 4.98 Å². The van der Waals surface area contributed by atoms with Crippen LogP contribution in [-0.2, 0) is 23.2 Å². The summed E-state index contributed by atoms with van der Waals surface area (Å²) in [5, 5.41) is 0. The zero-order valence-electron chi connectivity index (χ0n) is 11.0. The molecule has 3 rings (SSSR count). The summed E-state index contributed by atoms with van der Waals surface area (Å²) in [7, 11) is 1.92. The molecule has 1 aromatic heterocycles. The molecule has 1 aromatic rings. The van der Waals surface area contributed by atoms with Gasteiger partial charge in [0.25, 0.3) is 5.56 Å². The summed E-state index contributed by atoms with van der Waals surface area (Å²) in [6, 6.07) is 0. The third-order valence-corrected chi connectivity index (χ3v) is 3.90. The Morgan fingerprint density at radius 2 is 1.94 bits per heavy atom. The number of anilines is 1. The van der Waals surface area contributed by atoms with E-state index in [1.54, 1.807) is 4.57 Å². The Morgan fingerprint density at radius 3 is 2.67 bits per heavy atom. The van der Waals surface area contributed by atoms with E-state index >= 15 is 0 Å². The Bertz CT molecular complexity index is 601. The summed E-state index contributed by atoms with van der Waals surface area (Å²) >= 11 is 0. The lowest BCUT2D eigenvalue weighted by Gasteiger charge is -2.30. The van der Waals surface area contributed by atoms with E-state index in [1.807, 2.05) is 25.8 Å². The predicted molar refractivity (Wildman–Crippen MR) is 68.1 cm³/mol. The monoisotopic (exact) mass is 247 g/mol. The summed E-state index contributed by atoms with van der Waals surface area (Å²) in [6.07, 6.45) is 0.738. The largest absolute Gasteiger partial charge is 0.343 e. The summed E-state index contributed by atoms with van der Waals surface area (Å²) in [4.78, 5) is 30.8. The van der Waals surface area contributed by atoms with Crippen LogP contribution in [0.25, 0.3) is 0 Å². The Hall–Kier alpha value is -1.65. The molecular weight excluding hydrogens is 230 g/mol. The molecule has 0 unspecified atom stereocenters. The summed E-state index contributed by atoms with van der Waals surface area (Å²) < 4.78 is 1.73. The first kappa shape index (κ1) is 11.4. The highest BCUT2D eigenvalue weighted by atomic mass is 16.1. The molecule has 1 aliphatic carbocycles. The van der Waals surface area contributed by atoms with E-state index in [0.29, 0.717) is 31.0 Å². The average Bonchev–Trinajstić information content (AvgIpc) is 2.58. The van der Waals surface area contributed by atoms with Crippen LogP contribution in [0.2, 0.25) is 0 Å². The number of rotatable bonds is 0. The van der Waals surface area contributed by atoms with Crippen molar-refractivity contribution in [3.05, 3.63) is 21.6 Å². The van der Waals surface area contributed by atoms with Gasteiger partial charge < -0.3 is 4.90 Å². The zero-order chi connectivity index (χ0) is 13.1. The first-order valence-corrected chi connectivity index (χ1v) is 6.27. The highest BCUT2D eigenvalue weighted by molar-refractivity contribution is 5.84. The quantitative estimate of drug-likeness (QED) is 0.669. The van der Waals surface area contributed by atoms with Gasteiger partial charge in [0, 0.05) is 44.0 Å². The number of likely N-dealkylation sites (N-methyl/N-ethyl adjacent to an activating group) is 1. The fourth-order valence-corrected chi connectivity index (χ4v) is 3.07. The number of carbonyl (C=O) groups excluding carboxylic acids is 1. The van der Waals surface area contributed by atoms with Crippen LogP contribution in [0.4, 0.5) is 5.95 Å². The van der Waals surface area contributed by atoms with Crippen molar-refractivity contribution < 1.29 is 4.79 Å². The van der Waals surface area contributed by atoms with E-state index in [9.17, 15) is 9.59 Å². The fourth-order valence-electron chi connectivity index (χ4n) is 3.07. The third kappa shape index (κ3) is 1.43. The van der Waals surface area contributed by atoms with Gasteiger partial charge in [-0.1, -0.05) is 13.8 Å². The molecule has 0 atom stereocenters. The van der Waals surface area contributed by atoms with Crippen LogP contribution in [0, 0.1) is 0 Å². The Kier molecular flexibility index (Phi) is 2.18. The minimum atomic E-state index is -0.391. The molecule has 0 spiro atoms. The SMILES string of the molecule is CN1CCn2c1nc1c(c2=O)C(C)(C)CC(=O)C1. The number of Topliss-reactive ketones (excluding diaryl/α,β-unsaturated/α-hetero) is 1. The number of fused-ring (bicyclic) bond motifs is 2. The van der Waals surface area contributed by atoms with Crippen molar-refractivity contribution >= 4 is 11.7 Å². The predicted octanol–water partition coefficient (Wildman–Crippen LogP) is 0.486. The van der Waals surface area contributed by atoms with Crippen molar-refractivity contribution in [3.8, 4) is 0 Å². The van der Waals surface area contributed by atoms with Crippen LogP contribution in [0.3, 0.4) is 0 Å². The average molecular weight is 247 g/mol. The fraction of sp³-hybridized carbons (Fsp3) is 0.615. The number of hydrogen-bond acceptors (Lipinski definition) is 4. The highest BCUT2D eigenvalue weighted by Gasteiger charge is 2.37. The molecule has 0 amide bonds. The molecule has 0 saturated carbocycles. The van der Waals surface area contributed by atoms with Gasteiger partial charge in [-0.2, -0.15) is 0 Å². The van der Waals surface area contributed by atoms with Crippen molar-refractivity contribution in [3.63, 3.8) is 0 Å². The van der Waals surface area contributed by atoms with Gasteiger partial charge in [0.2, 0.25) is 5.95 Å². The Labute approximate surface area is 105 Å². The number of aromatic nitrogens is 2. The minimum Gasteiger partial charge on any atom is -0.343 e. The molecule has 2 aliphatic rings. The van der Waals surface area contributed by atoms with Crippen molar-refractivity contribution in [2.45, 2.75) is 38.6 Å². The second kappa shape index (κ2) is 3.43.